The Hall–Kier alpha value is -2.34. The molecule has 6 heteroatoms. The van der Waals surface area contributed by atoms with E-state index in [-0.39, 0.29) is 16.7 Å². The van der Waals surface area contributed by atoms with Gasteiger partial charge in [-0.15, -0.1) is 0 Å². The number of carbonyl (C=O) groups excluding carboxylic acids is 1. The van der Waals surface area contributed by atoms with Gasteiger partial charge in [-0.1, -0.05) is 24.3 Å². The molecule has 0 aliphatic heterocycles. The third-order valence-corrected chi connectivity index (χ3v) is 5.61. The lowest BCUT2D eigenvalue weighted by Gasteiger charge is -2.19. The summed E-state index contributed by atoms with van der Waals surface area (Å²) in [5, 5.41) is 2.77. The first-order chi connectivity index (χ1) is 11.0. The molecule has 0 bridgehead atoms. The number of benzene rings is 2. The Labute approximate surface area is 136 Å². The molecule has 0 heterocycles. The maximum Gasteiger partial charge on any atom is 0.264 e. The summed E-state index contributed by atoms with van der Waals surface area (Å²) in [6.45, 7) is 0. The Balaban J connectivity index is 1.86. The fourth-order valence-corrected chi connectivity index (χ4v) is 3.50. The summed E-state index contributed by atoms with van der Waals surface area (Å²) in [7, 11) is -2.16. The molecule has 2 aromatic rings. The van der Waals surface area contributed by atoms with Crippen molar-refractivity contribution in [3.8, 4) is 0 Å². The molecule has 1 saturated carbocycles. The van der Waals surface area contributed by atoms with E-state index in [9.17, 15) is 13.2 Å². The van der Waals surface area contributed by atoms with E-state index >= 15 is 0 Å². The fraction of sp³-hybridized carbons (Fsp3) is 0.235. The summed E-state index contributed by atoms with van der Waals surface area (Å²) >= 11 is 0. The van der Waals surface area contributed by atoms with Crippen molar-refractivity contribution in [3.63, 3.8) is 0 Å². The lowest BCUT2D eigenvalue weighted by Crippen LogP contribution is -2.26. The van der Waals surface area contributed by atoms with E-state index in [1.54, 1.807) is 36.4 Å². The van der Waals surface area contributed by atoms with Gasteiger partial charge in [-0.25, -0.2) is 8.42 Å². The Kier molecular flexibility index (Phi) is 4.09. The van der Waals surface area contributed by atoms with Gasteiger partial charge in [-0.2, -0.15) is 0 Å². The minimum Gasteiger partial charge on any atom is -0.326 e. The number of nitrogens with one attached hydrogen (secondary N) is 1. The van der Waals surface area contributed by atoms with Gasteiger partial charge in [0.15, 0.2) is 0 Å². The van der Waals surface area contributed by atoms with Crippen LogP contribution in [-0.2, 0) is 14.8 Å². The summed E-state index contributed by atoms with van der Waals surface area (Å²) in [6.07, 6.45) is 1.81. The van der Waals surface area contributed by atoms with Crippen LogP contribution in [0.1, 0.15) is 12.8 Å². The molecule has 3 rings (SSSR count). The van der Waals surface area contributed by atoms with Crippen molar-refractivity contribution in [1.82, 2.24) is 0 Å². The number of sulfonamides is 1. The van der Waals surface area contributed by atoms with Gasteiger partial charge < -0.3 is 5.32 Å². The number of hydrogen-bond acceptors (Lipinski definition) is 3. The summed E-state index contributed by atoms with van der Waals surface area (Å²) in [5.41, 5.74) is 1.09. The van der Waals surface area contributed by atoms with Crippen molar-refractivity contribution >= 4 is 27.3 Å². The van der Waals surface area contributed by atoms with Crippen LogP contribution in [0.3, 0.4) is 0 Å². The standard InChI is InChI=1S/C17H18N2O3S/c1-19(15-7-3-2-4-8-15)23(21,22)16-9-5-6-14(12-16)18-17(20)13-10-11-13/h2-9,12-13H,10-11H2,1H3,(H,18,20). The summed E-state index contributed by atoms with van der Waals surface area (Å²) < 4.78 is 26.7. The van der Waals surface area contributed by atoms with Crippen LogP contribution in [0, 0.1) is 5.92 Å². The largest absolute Gasteiger partial charge is 0.326 e. The van der Waals surface area contributed by atoms with E-state index in [0.29, 0.717) is 11.4 Å². The second-order valence-electron chi connectivity index (χ2n) is 5.60. The molecule has 1 aliphatic rings. The fourth-order valence-electron chi connectivity index (χ4n) is 2.26. The highest BCUT2D eigenvalue weighted by molar-refractivity contribution is 7.92. The highest BCUT2D eigenvalue weighted by atomic mass is 32.2. The molecule has 1 fully saturated rings. The first-order valence-corrected chi connectivity index (χ1v) is 8.87. The molecular formula is C17H18N2O3S. The van der Waals surface area contributed by atoms with Gasteiger partial charge in [0.25, 0.3) is 10.0 Å². The second-order valence-corrected chi connectivity index (χ2v) is 7.57. The third-order valence-electron chi connectivity index (χ3n) is 3.83. The molecule has 0 spiro atoms. The van der Waals surface area contributed by atoms with Crippen molar-refractivity contribution in [3.05, 3.63) is 54.6 Å². The van der Waals surface area contributed by atoms with E-state index in [2.05, 4.69) is 5.32 Å². The molecule has 23 heavy (non-hydrogen) atoms. The van der Waals surface area contributed by atoms with Gasteiger partial charge in [-0.3, -0.25) is 9.10 Å². The van der Waals surface area contributed by atoms with E-state index in [1.165, 1.54) is 23.5 Å². The number of carbonyl (C=O) groups is 1. The predicted molar refractivity (Wildman–Crippen MR) is 89.8 cm³/mol. The normalized spacial score (nSPS) is 14.3. The van der Waals surface area contributed by atoms with Gasteiger partial charge >= 0.3 is 0 Å². The quantitative estimate of drug-likeness (QED) is 0.917. The van der Waals surface area contributed by atoms with Gasteiger partial charge in [0.05, 0.1) is 10.6 Å². The van der Waals surface area contributed by atoms with Gasteiger partial charge in [-0.05, 0) is 43.2 Å². The number of hydrogen-bond donors (Lipinski definition) is 1. The number of anilines is 2. The van der Waals surface area contributed by atoms with Crippen LogP contribution in [0.15, 0.2) is 59.5 Å². The van der Waals surface area contributed by atoms with Gasteiger partial charge in [0.1, 0.15) is 0 Å². The van der Waals surface area contributed by atoms with Crippen LogP contribution in [0.5, 0.6) is 0 Å². The molecule has 5 nitrogen and oxygen atoms in total. The number of amides is 1. The number of rotatable bonds is 5. The van der Waals surface area contributed by atoms with Crippen molar-refractivity contribution in [1.29, 1.82) is 0 Å². The molecule has 1 amide bonds. The van der Waals surface area contributed by atoms with Gasteiger partial charge in [0.2, 0.25) is 5.91 Å². The maximum absolute atomic E-state index is 12.7. The lowest BCUT2D eigenvalue weighted by atomic mass is 10.3. The molecule has 0 atom stereocenters. The molecular weight excluding hydrogens is 312 g/mol. The average Bonchev–Trinajstić information content (AvgIpc) is 3.40. The first kappa shape index (κ1) is 15.6. The highest BCUT2D eigenvalue weighted by Gasteiger charge is 2.30. The Morgan fingerprint density at radius 1 is 1.09 bits per heavy atom. The van der Waals surface area contributed by atoms with Crippen molar-refractivity contribution in [2.45, 2.75) is 17.7 Å². The van der Waals surface area contributed by atoms with Crippen LogP contribution in [0.4, 0.5) is 11.4 Å². The Morgan fingerprint density at radius 3 is 2.43 bits per heavy atom. The summed E-state index contributed by atoms with van der Waals surface area (Å²) in [5.74, 6) is 0.0261. The Morgan fingerprint density at radius 2 is 1.78 bits per heavy atom. The Bertz CT molecular complexity index is 815. The van der Waals surface area contributed by atoms with Crippen LogP contribution < -0.4 is 9.62 Å². The van der Waals surface area contributed by atoms with E-state index < -0.39 is 10.0 Å². The topological polar surface area (TPSA) is 66.5 Å². The van der Waals surface area contributed by atoms with Crippen LogP contribution in [0.2, 0.25) is 0 Å². The molecule has 0 radical (unpaired) electrons. The summed E-state index contributed by atoms with van der Waals surface area (Å²) in [4.78, 5) is 12.0. The maximum atomic E-state index is 12.7. The first-order valence-electron chi connectivity index (χ1n) is 7.43. The number of nitrogens with zero attached hydrogens (tertiary/aromatic N) is 1. The van der Waals surface area contributed by atoms with Crippen molar-refractivity contribution in [2.24, 2.45) is 5.92 Å². The molecule has 2 aromatic carbocycles. The van der Waals surface area contributed by atoms with Crippen LogP contribution in [-0.4, -0.2) is 21.4 Å². The molecule has 1 N–H and O–H groups in total. The molecule has 120 valence electrons. The average molecular weight is 330 g/mol. The summed E-state index contributed by atoms with van der Waals surface area (Å²) in [6, 6.07) is 15.2. The zero-order valence-electron chi connectivity index (χ0n) is 12.8. The second kappa shape index (κ2) is 6.04. The zero-order chi connectivity index (χ0) is 16.4. The third kappa shape index (κ3) is 3.37. The van der Waals surface area contributed by atoms with Crippen LogP contribution >= 0.6 is 0 Å². The van der Waals surface area contributed by atoms with E-state index in [0.717, 1.165) is 12.8 Å². The number of para-hydroxylation sites is 1. The van der Waals surface area contributed by atoms with E-state index in [4.69, 9.17) is 0 Å². The smallest absolute Gasteiger partial charge is 0.264 e. The highest BCUT2D eigenvalue weighted by Crippen LogP contribution is 2.30. The predicted octanol–water partition coefficient (Wildman–Crippen LogP) is 2.86. The van der Waals surface area contributed by atoms with Crippen molar-refractivity contribution < 1.29 is 13.2 Å². The van der Waals surface area contributed by atoms with Crippen LogP contribution in [0.25, 0.3) is 0 Å². The molecule has 0 aromatic heterocycles. The van der Waals surface area contributed by atoms with Crippen molar-refractivity contribution in [2.75, 3.05) is 16.7 Å². The minimum atomic E-state index is -3.67. The molecule has 0 unspecified atom stereocenters. The molecule has 1 aliphatic carbocycles. The zero-order valence-corrected chi connectivity index (χ0v) is 13.6. The van der Waals surface area contributed by atoms with Gasteiger partial charge in [0, 0.05) is 18.7 Å². The SMILES string of the molecule is CN(c1ccccc1)S(=O)(=O)c1cccc(NC(=O)C2CC2)c1. The van der Waals surface area contributed by atoms with E-state index in [1.807, 2.05) is 6.07 Å². The monoisotopic (exact) mass is 330 g/mol. The lowest BCUT2D eigenvalue weighted by molar-refractivity contribution is -0.117. The minimum absolute atomic E-state index is 0.0454. The molecule has 0 saturated heterocycles.